The van der Waals surface area contributed by atoms with Crippen molar-refractivity contribution >= 4 is 21.4 Å². The summed E-state index contributed by atoms with van der Waals surface area (Å²) in [6, 6.07) is 1.89. The van der Waals surface area contributed by atoms with Gasteiger partial charge in [-0.25, -0.2) is 13.1 Å². The smallest absolute Gasteiger partial charge is 0.241 e. The molecule has 21 heavy (non-hydrogen) atoms. The van der Waals surface area contributed by atoms with E-state index in [9.17, 15) is 8.42 Å². The van der Waals surface area contributed by atoms with E-state index in [4.69, 9.17) is 0 Å². The predicted octanol–water partition coefficient (Wildman–Crippen LogP) is 3.10. The molecule has 1 fully saturated rings. The second-order valence-electron chi connectivity index (χ2n) is 5.78. The lowest BCUT2D eigenvalue weighted by Crippen LogP contribution is -2.37. The maximum absolute atomic E-state index is 12.4. The van der Waals surface area contributed by atoms with Crippen LogP contribution in [0.4, 0.5) is 0 Å². The van der Waals surface area contributed by atoms with Crippen molar-refractivity contribution in [3.63, 3.8) is 0 Å². The van der Waals surface area contributed by atoms with Gasteiger partial charge in [-0.15, -0.1) is 11.3 Å². The van der Waals surface area contributed by atoms with E-state index in [0.29, 0.717) is 4.90 Å². The highest BCUT2D eigenvalue weighted by atomic mass is 32.2. The highest BCUT2D eigenvalue weighted by molar-refractivity contribution is 7.89. The fourth-order valence-corrected chi connectivity index (χ4v) is 5.37. The molecule has 2 N–H and O–H groups in total. The number of rotatable bonds is 7. The average Bonchev–Trinajstić information content (AvgIpc) is 2.95. The number of hydrogen-bond donors (Lipinski definition) is 2. The lowest BCUT2D eigenvalue weighted by Gasteiger charge is -2.28. The number of nitrogens with one attached hydrogen (secondary N) is 2. The lowest BCUT2D eigenvalue weighted by molar-refractivity contribution is 0.306. The van der Waals surface area contributed by atoms with Crippen LogP contribution in [-0.4, -0.2) is 21.0 Å². The van der Waals surface area contributed by atoms with E-state index >= 15 is 0 Å². The van der Waals surface area contributed by atoms with Crippen molar-refractivity contribution in [2.24, 2.45) is 5.92 Å². The Labute approximate surface area is 132 Å². The quantitative estimate of drug-likeness (QED) is 0.807. The minimum Gasteiger partial charge on any atom is -0.312 e. The molecule has 2 rings (SSSR count). The topological polar surface area (TPSA) is 58.2 Å². The van der Waals surface area contributed by atoms with Crippen LogP contribution in [0.15, 0.2) is 16.3 Å². The molecule has 0 unspecified atom stereocenters. The zero-order chi connectivity index (χ0) is 15.3. The summed E-state index contributed by atoms with van der Waals surface area (Å²) in [4.78, 5) is 1.48. The van der Waals surface area contributed by atoms with Gasteiger partial charge in [-0.05, 0) is 44.2 Å². The van der Waals surface area contributed by atoms with Crippen molar-refractivity contribution in [3.8, 4) is 0 Å². The van der Waals surface area contributed by atoms with Gasteiger partial charge in [0, 0.05) is 22.8 Å². The van der Waals surface area contributed by atoms with Gasteiger partial charge in [0.2, 0.25) is 10.0 Å². The average molecular weight is 331 g/mol. The zero-order valence-corrected chi connectivity index (χ0v) is 14.5. The molecule has 1 aliphatic carbocycles. The van der Waals surface area contributed by atoms with Crippen LogP contribution in [0.1, 0.15) is 50.8 Å². The molecule has 1 heterocycles. The highest BCUT2D eigenvalue weighted by Crippen LogP contribution is 2.28. The molecule has 1 aromatic rings. The van der Waals surface area contributed by atoms with Gasteiger partial charge in [0.15, 0.2) is 0 Å². The van der Waals surface area contributed by atoms with Crippen LogP contribution in [0.2, 0.25) is 0 Å². The van der Waals surface area contributed by atoms with E-state index in [1.807, 2.05) is 6.92 Å². The summed E-state index contributed by atoms with van der Waals surface area (Å²) >= 11 is 1.50. The van der Waals surface area contributed by atoms with Gasteiger partial charge in [0.25, 0.3) is 0 Å². The van der Waals surface area contributed by atoms with Crippen LogP contribution in [0.5, 0.6) is 0 Å². The molecule has 4 nitrogen and oxygen atoms in total. The molecular weight excluding hydrogens is 304 g/mol. The van der Waals surface area contributed by atoms with E-state index < -0.39 is 10.0 Å². The van der Waals surface area contributed by atoms with Crippen molar-refractivity contribution in [1.29, 1.82) is 0 Å². The molecule has 0 bridgehead atoms. The van der Waals surface area contributed by atoms with E-state index in [0.717, 1.165) is 49.6 Å². The van der Waals surface area contributed by atoms with Gasteiger partial charge < -0.3 is 5.32 Å². The maximum Gasteiger partial charge on any atom is 0.241 e. The van der Waals surface area contributed by atoms with Crippen molar-refractivity contribution in [2.45, 2.75) is 63.4 Å². The normalized spacial score (nSPS) is 23.3. The summed E-state index contributed by atoms with van der Waals surface area (Å²) in [5.74, 6) is 0.777. The Hall–Kier alpha value is -0.430. The predicted molar refractivity (Wildman–Crippen MR) is 88.1 cm³/mol. The summed E-state index contributed by atoms with van der Waals surface area (Å²) < 4.78 is 27.7. The molecule has 1 aromatic heterocycles. The van der Waals surface area contributed by atoms with E-state index in [2.05, 4.69) is 17.0 Å². The van der Waals surface area contributed by atoms with Crippen LogP contribution in [0.3, 0.4) is 0 Å². The van der Waals surface area contributed by atoms with Crippen molar-refractivity contribution in [2.75, 3.05) is 6.54 Å². The van der Waals surface area contributed by atoms with E-state index in [-0.39, 0.29) is 6.04 Å². The van der Waals surface area contributed by atoms with Crippen LogP contribution < -0.4 is 10.0 Å². The maximum atomic E-state index is 12.4. The molecule has 0 saturated heterocycles. The molecule has 0 radical (unpaired) electrons. The minimum atomic E-state index is -3.36. The molecule has 0 spiro atoms. The van der Waals surface area contributed by atoms with Gasteiger partial charge in [0.1, 0.15) is 0 Å². The molecule has 120 valence electrons. The first kappa shape index (κ1) is 16.9. The second kappa shape index (κ2) is 7.72. The van der Waals surface area contributed by atoms with Crippen molar-refractivity contribution < 1.29 is 8.42 Å². The molecule has 0 aromatic carbocycles. The fourth-order valence-electron chi connectivity index (χ4n) is 2.82. The van der Waals surface area contributed by atoms with E-state index in [1.54, 1.807) is 11.4 Å². The van der Waals surface area contributed by atoms with Crippen LogP contribution in [-0.2, 0) is 16.6 Å². The third-order valence-corrected chi connectivity index (χ3v) is 6.82. The van der Waals surface area contributed by atoms with Crippen LogP contribution >= 0.6 is 11.3 Å². The molecule has 1 aliphatic rings. The van der Waals surface area contributed by atoms with Crippen LogP contribution in [0, 0.1) is 5.92 Å². The van der Waals surface area contributed by atoms with Gasteiger partial charge in [-0.1, -0.05) is 20.3 Å². The number of hydrogen-bond acceptors (Lipinski definition) is 4. The SMILES string of the molecule is CCNCc1cc(S(=O)(=O)NC2CCC(CC)CC2)cs1. The number of sulfonamides is 1. The Morgan fingerprint density at radius 2 is 1.95 bits per heavy atom. The third kappa shape index (κ3) is 4.77. The largest absolute Gasteiger partial charge is 0.312 e. The Morgan fingerprint density at radius 1 is 1.24 bits per heavy atom. The molecule has 0 aliphatic heterocycles. The van der Waals surface area contributed by atoms with Gasteiger partial charge in [0.05, 0.1) is 4.90 Å². The minimum absolute atomic E-state index is 0.106. The van der Waals surface area contributed by atoms with E-state index in [1.165, 1.54) is 17.8 Å². The van der Waals surface area contributed by atoms with Gasteiger partial charge >= 0.3 is 0 Å². The Kier molecular flexibility index (Phi) is 6.22. The first-order chi connectivity index (χ1) is 10.0. The second-order valence-corrected chi connectivity index (χ2v) is 8.49. The Balaban J connectivity index is 1.94. The summed E-state index contributed by atoms with van der Waals surface area (Å²) in [6.45, 7) is 5.88. The number of thiophene rings is 1. The fraction of sp³-hybridized carbons (Fsp3) is 0.733. The highest BCUT2D eigenvalue weighted by Gasteiger charge is 2.25. The van der Waals surface area contributed by atoms with Crippen molar-refractivity contribution in [1.82, 2.24) is 10.0 Å². The zero-order valence-electron chi connectivity index (χ0n) is 12.9. The van der Waals surface area contributed by atoms with Crippen molar-refractivity contribution in [3.05, 3.63) is 16.3 Å². The molecule has 0 atom stereocenters. The molecule has 6 heteroatoms. The lowest BCUT2D eigenvalue weighted by atomic mass is 9.85. The Morgan fingerprint density at radius 3 is 2.57 bits per heavy atom. The van der Waals surface area contributed by atoms with Gasteiger partial charge in [-0.2, -0.15) is 0 Å². The molecule has 0 amide bonds. The molecule has 1 saturated carbocycles. The first-order valence-corrected chi connectivity index (χ1v) is 10.2. The standard InChI is InChI=1S/C15H26N2O2S2/c1-3-12-5-7-13(8-6-12)17-21(18,19)15-9-14(20-11-15)10-16-4-2/h9,11-13,16-17H,3-8,10H2,1-2H3. The van der Waals surface area contributed by atoms with Crippen LogP contribution in [0.25, 0.3) is 0 Å². The summed E-state index contributed by atoms with van der Waals surface area (Å²) in [5.41, 5.74) is 0. The third-order valence-electron chi connectivity index (χ3n) is 4.24. The van der Waals surface area contributed by atoms with Gasteiger partial charge in [-0.3, -0.25) is 0 Å². The monoisotopic (exact) mass is 330 g/mol. The summed E-state index contributed by atoms with van der Waals surface area (Å²) in [6.07, 6.45) is 5.41. The first-order valence-electron chi connectivity index (χ1n) is 7.85. The summed E-state index contributed by atoms with van der Waals surface area (Å²) in [5, 5.41) is 4.96. The Bertz CT molecular complexity index is 532. The molecular formula is C15H26N2O2S2. The summed E-state index contributed by atoms with van der Waals surface area (Å²) in [7, 11) is -3.36.